The van der Waals surface area contributed by atoms with Gasteiger partial charge >= 0.3 is 0 Å². The predicted octanol–water partition coefficient (Wildman–Crippen LogP) is 2.53. The van der Waals surface area contributed by atoms with Crippen LogP contribution in [0.3, 0.4) is 0 Å². The molecule has 92 valence electrons. The average molecular weight is 254 g/mol. The number of hydrogen-bond acceptors (Lipinski definition) is 3. The SMILES string of the molecule is COc1cc(C(=O)C2CCCNC2)ccc1Cl. The molecule has 1 saturated heterocycles. The van der Waals surface area contributed by atoms with Crippen molar-refractivity contribution in [2.75, 3.05) is 20.2 Å². The lowest BCUT2D eigenvalue weighted by Gasteiger charge is -2.21. The summed E-state index contributed by atoms with van der Waals surface area (Å²) in [5.74, 6) is 0.808. The number of carbonyl (C=O) groups is 1. The van der Waals surface area contributed by atoms with Gasteiger partial charge in [-0.05, 0) is 37.6 Å². The fraction of sp³-hybridized carbons (Fsp3) is 0.462. The van der Waals surface area contributed by atoms with E-state index in [1.165, 1.54) is 0 Å². The minimum atomic E-state index is 0.0784. The zero-order chi connectivity index (χ0) is 12.3. The Hall–Kier alpha value is -1.06. The molecule has 1 aromatic rings. The van der Waals surface area contributed by atoms with E-state index in [0.717, 1.165) is 25.9 Å². The molecule has 0 aromatic heterocycles. The Labute approximate surface area is 106 Å². The van der Waals surface area contributed by atoms with E-state index in [0.29, 0.717) is 16.3 Å². The van der Waals surface area contributed by atoms with Crippen LogP contribution in [-0.4, -0.2) is 26.0 Å². The molecule has 1 aromatic carbocycles. The van der Waals surface area contributed by atoms with Gasteiger partial charge in [0.05, 0.1) is 12.1 Å². The molecule has 1 atom stereocenters. The molecule has 1 unspecified atom stereocenters. The van der Waals surface area contributed by atoms with Crippen LogP contribution in [0, 0.1) is 5.92 Å². The van der Waals surface area contributed by atoms with Gasteiger partial charge in [0.15, 0.2) is 5.78 Å². The zero-order valence-electron chi connectivity index (χ0n) is 9.83. The van der Waals surface area contributed by atoms with Gasteiger partial charge in [-0.25, -0.2) is 0 Å². The Balaban J connectivity index is 2.18. The highest BCUT2D eigenvalue weighted by Crippen LogP contribution is 2.27. The summed E-state index contributed by atoms with van der Waals surface area (Å²) < 4.78 is 5.12. The summed E-state index contributed by atoms with van der Waals surface area (Å²) in [6.45, 7) is 1.78. The van der Waals surface area contributed by atoms with E-state index in [2.05, 4.69) is 5.32 Å². The third kappa shape index (κ3) is 2.79. The van der Waals surface area contributed by atoms with E-state index >= 15 is 0 Å². The van der Waals surface area contributed by atoms with Gasteiger partial charge < -0.3 is 10.1 Å². The fourth-order valence-electron chi connectivity index (χ4n) is 2.12. The lowest BCUT2D eigenvalue weighted by molar-refractivity contribution is 0.0899. The quantitative estimate of drug-likeness (QED) is 0.842. The molecule has 0 radical (unpaired) electrons. The summed E-state index contributed by atoms with van der Waals surface area (Å²) in [4.78, 5) is 12.2. The van der Waals surface area contributed by atoms with Crippen LogP contribution in [0.2, 0.25) is 5.02 Å². The summed E-state index contributed by atoms with van der Waals surface area (Å²) >= 11 is 5.94. The van der Waals surface area contributed by atoms with E-state index in [9.17, 15) is 4.79 Å². The monoisotopic (exact) mass is 253 g/mol. The maximum atomic E-state index is 12.2. The number of hydrogen-bond donors (Lipinski definition) is 1. The molecule has 0 saturated carbocycles. The maximum absolute atomic E-state index is 12.2. The van der Waals surface area contributed by atoms with Crippen LogP contribution in [0.25, 0.3) is 0 Å². The second-order valence-electron chi connectivity index (χ2n) is 4.26. The van der Waals surface area contributed by atoms with Crippen molar-refractivity contribution in [1.82, 2.24) is 5.32 Å². The van der Waals surface area contributed by atoms with Gasteiger partial charge in [0.1, 0.15) is 5.75 Å². The number of ketones is 1. The largest absolute Gasteiger partial charge is 0.495 e. The first-order valence-corrected chi connectivity index (χ1v) is 6.18. The fourth-order valence-corrected chi connectivity index (χ4v) is 2.32. The number of piperidine rings is 1. The van der Waals surface area contributed by atoms with Gasteiger partial charge in [-0.1, -0.05) is 11.6 Å². The van der Waals surface area contributed by atoms with E-state index < -0.39 is 0 Å². The molecular weight excluding hydrogens is 238 g/mol. The minimum Gasteiger partial charge on any atom is -0.495 e. The van der Waals surface area contributed by atoms with Gasteiger partial charge in [-0.15, -0.1) is 0 Å². The molecule has 17 heavy (non-hydrogen) atoms. The van der Waals surface area contributed by atoms with Crippen LogP contribution in [0.1, 0.15) is 23.2 Å². The number of halogens is 1. The lowest BCUT2D eigenvalue weighted by atomic mass is 9.91. The Kier molecular flexibility index (Phi) is 4.02. The molecule has 3 nitrogen and oxygen atoms in total. The summed E-state index contributed by atoms with van der Waals surface area (Å²) in [5.41, 5.74) is 0.681. The molecule has 1 aliphatic rings. The Morgan fingerprint density at radius 2 is 2.35 bits per heavy atom. The van der Waals surface area contributed by atoms with E-state index in [-0.39, 0.29) is 11.7 Å². The topological polar surface area (TPSA) is 38.3 Å². The standard InChI is InChI=1S/C13H16ClNO2/c1-17-12-7-9(4-5-11(12)14)13(16)10-3-2-6-15-8-10/h4-5,7,10,15H,2-3,6,8H2,1H3. The van der Waals surface area contributed by atoms with E-state index in [4.69, 9.17) is 16.3 Å². The van der Waals surface area contributed by atoms with Crippen molar-refractivity contribution in [3.05, 3.63) is 28.8 Å². The number of carbonyl (C=O) groups excluding carboxylic acids is 1. The summed E-state index contributed by atoms with van der Waals surface area (Å²) in [6.07, 6.45) is 2.01. The lowest BCUT2D eigenvalue weighted by Crippen LogP contribution is -2.34. The minimum absolute atomic E-state index is 0.0784. The molecule has 0 aliphatic carbocycles. The number of benzene rings is 1. The van der Waals surface area contributed by atoms with E-state index in [1.54, 1.807) is 25.3 Å². The summed E-state index contributed by atoms with van der Waals surface area (Å²) in [6, 6.07) is 5.20. The molecule has 0 bridgehead atoms. The smallest absolute Gasteiger partial charge is 0.167 e. The van der Waals surface area contributed by atoms with Crippen molar-refractivity contribution in [1.29, 1.82) is 0 Å². The number of ether oxygens (including phenoxy) is 1. The molecule has 1 fully saturated rings. The van der Waals surface area contributed by atoms with Crippen LogP contribution >= 0.6 is 11.6 Å². The van der Waals surface area contributed by atoms with Gasteiger partial charge in [0.25, 0.3) is 0 Å². The zero-order valence-corrected chi connectivity index (χ0v) is 10.6. The van der Waals surface area contributed by atoms with Crippen molar-refractivity contribution >= 4 is 17.4 Å². The van der Waals surface area contributed by atoms with Crippen LogP contribution in [-0.2, 0) is 0 Å². The number of rotatable bonds is 3. The normalized spacial score (nSPS) is 20.0. The summed E-state index contributed by atoms with van der Waals surface area (Å²) in [5, 5.41) is 3.78. The second-order valence-corrected chi connectivity index (χ2v) is 4.66. The molecule has 1 N–H and O–H groups in total. The molecule has 1 aliphatic heterocycles. The van der Waals surface area contributed by atoms with Gasteiger partial charge in [-0.3, -0.25) is 4.79 Å². The Morgan fingerprint density at radius 1 is 1.53 bits per heavy atom. The molecule has 1 heterocycles. The first-order valence-electron chi connectivity index (χ1n) is 5.81. The Morgan fingerprint density at radius 3 is 3.00 bits per heavy atom. The molecular formula is C13H16ClNO2. The van der Waals surface area contributed by atoms with Crippen LogP contribution in [0.5, 0.6) is 5.75 Å². The second kappa shape index (κ2) is 5.52. The van der Waals surface area contributed by atoms with Crippen LogP contribution < -0.4 is 10.1 Å². The van der Waals surface area contributed by atoms with E-state index in [1.807, 2.05) is 0 Å². The molecule has 0 spiro atoms. The number of Topliss-reactive ketones (excluding diaryl/α,β-unsaturated/α-hetero) is 1. The highest BCUT2D eigenvalue weighted by atomic mass is 35.5. The number of methoxy groups -OCH3 is 1. The van der Waals surface area contributed by atoms with Gasteiger partial charge in [-0.2, -0.15) is 0 Å². The average Bonchev–Trinajstić information content (AvgIpc) is 2.39. The van der Waals surface area contributed by atoms with Gasteiger partial charge in [0.2, 0.25) is 0 Å². The third-order valence-corrected chi connectivity index (χ3v) is 3.42. The Bertz CT molecular complexity index is 414. The van der Waals surface area contributed by atoms with Crippen LogP contribution in [0.4, 0.5) is 0 Å². The van der Waals surface area contributed by atoms with Crippen LogP contribution in [0.15, 0.2) is 18.2 Å². The number of nitrogens with one attached hydrogen (secondary N) is 1. The molecule has 2 rings (SSSR count). The van der Waals surface area contributed by atoms with Crippen molar-refractivity contribution in [3.63, 3.8) is 0 Å². The predicted molar refractivity (Wildman–Crippen MR) is 67.9 cm³/mol. The highest BCUT2D eigenvalue weighted by Gasteiger charge is 2.22. The molecule has 4 heteroatoms. The third-order valence-electron chi connectivity index (χ3n) is 3.10. The van der Waals surface area contributed by atoms with Crippen molar-refractivity contribution in [2.24, 2.45) is 5.92 Å². The highest BCUT2D eigenvalue weighted by molar-refractivity contribution is 6.32. The van der Waals surface area contributed by atoms with Crippen molar-refractivity contribution < 1.29 is 9.53 Å². The first kappa shape index (κ1) is 12.4. The van der Waals surface area contributed by atoms with Gasteiger partial charge in [0, 0.05) is 18.0 Å². The maximum Gasteiger partial charge on any atom is 0.167 e. The first-order chi connectivity index (χ1) is 8.22. The molecule has 0 amide bonds. The van der Waals surface area contributed by atoms with Crippen molar-refractivity contribution in [2.45, 2.75) is 12.8 Å². The summed E-state index contributed by atoms with van der Waals surface area (Å²) in [7, 11) is 1.55. The van der Waals surface area contributed by atoms with Crippen molar-refractivity contribution in [3.8, 4) is 5.75 Å².